The first-order valence-electron chi connectivity index (χ1n) is 9.90. The first-order valence-corrected chi connectivity index (χ1v) is 20.2. The van der Waals surface area contributed by atoms with Crippen LogP contribution in [-0.4, -0.2) is 43.0 Å². The van der Waals surface area contributed by atoms with Gasteiger partial charge in [0.05, 0.1) is 0 Å². The standard InChI is InChI=1S/2C10H6Cl3NO3.2CH3.Sn/c2*11-5-3-6(12)10(7(13)4-5)14-8(15)1-2-9(16)17;;;/h2*1-4H,(H,14,15)(H,16,17);2*1H3;/q;;;;+2/p-2/b2*2-1+;;;. The number of rotatable bonds is 8. The molecule has 0 saturated carbocycles. The first-order chi connectivity index (χ1) is 17.2. The Hall–Kier alpha value is -1.66. The fraction of sp³-hybridized carbons (Fsp3) is 0.0909. The number of amides is 2. The third-order valence-corrected chi connectivity index (χ3v) is 9.53. The van der Waals surface area contributed by atoms with Crippen molar-refractivity contribution in [1.29, 1.82) is 0 Å². The fourth-order valence-electron chi connectivity index (χ4n) is 2.51. The number of hydrogen-bond donors (Lipinski definition) is 2. The zero-order valence-electron chi connectivity index (χ0n) is 18.8. The third kappa shape index (κ3) is 10.6. The zero-order valence-corrected chi connectivity index (χ0v) is 26.2. The molecule has 0 aliphatic rings. The number of anilines is 2. The van der Waals surface area contributed by atoms with E-state index in [1.807, 2.05) is 0 Å². The molecular weight excluding hydrogens is 720 g/mol. The van der Waals surface area contributed by atoms with E-state index in [0.29, 0.717) is 0 Å². The number of halogens is 6. The molecule has 2 amide bonds. The number of nitrogens with one attached hydrogen (secondary N) is 2. The van der Waals surface area contributed by atoms with Crippen LogP contribution >= 0.6 is 69.6 Å². The number of carbonyl (C=O) groups excluding carboxylic acids is 4. The minimum absolute atomic E-state index is 0.104. The zero-order chi connectivity index (χ0) is 27.9. The molecule has 196 valence electrons. The second-order valence-electron chi connectivity index (χ2n) is 7.38. The molecule has 2 aromatic carbocycles. The molecule has 2 rings (SSSR count). The van der Waals surface area contributed by atoms with E-state index in [0.717, 1.165) is 24.3 Å². The predicted octanol–water partition coefficient (Wildman–Crippen LogP) is 7.08. The predicted molar refractivity (Wildman–Crippen MR) is 148 cm³/mol. The van der Waals surface area contributed by atoms with E-state index in [1.54, 1.807) is 0 Å². The van der Waals surface area contributed by atoms with Crippen LogP contribution in [-0.2, 0) is 25.3 Å². The molecule has 0 aliphatic heterocycles. The summed E-state index contributed by atoms with van der Waals surface area (Å²) in [4.78, 5) is 51.4. The SMILES string of the molecule is [CH3][Sn]([CH3])([O]C(=O)/C=C/C(=O)Nc1c(Cl)cc(Cl)cc1Cl)[O]C(=O)/C=C/C(=O)Nc1c(Cl)cc(Cl)cc1Cl. The number of hydrogen-bond acceptors (Lipinski definition) is 6. The molecule has 0 spiro atoms. The number of carbonyl (C=O) groups is 4. The molecule has 0 bridgehead atoms. The molecule has 0 radical (unpaired) electrons. The van der Waals surface area contributed by atoms with Crippen molar-refractivity contribution in [3.63, 3.8) is 0 Å². The Bertz CT molecular complexity index is 1170. The molecule has 15 heteroatoms. The molecule has 0 fully saturated rings. The summed E-state index contributed by atoms with van der Waals surface area (Å²) in [6, 6.07) is 5.53. The summed E-state index contributed by atoms with van der Waals surface area (Å²) < 4.78 is 10.5. The van der Waals surface area contributed by atoms with Gasteiger partial charge in [-0.05, 0) is 0 Å². The van der Waals surface area contributed by atoms with E-state index in [4.69, 9.17) is 75.8 Å². The van der Waals surface area contributed by atoms with E-state index in [2.05, 4.69) is 10.6 Å². The summed E-state index contributed by atoms with van der Waals surface area (Å²) >= 11 is 31.5. The molecule has 2 aromatic rings. The van der Waals surface area contributed by atoms with E-state index >= 15 is 0 Å². The van der Waals surface area contributed by atoms with Crippen molar-refractivity contribution in [3.05, 3.63) is 78.7 Å². The van der Waals surface area contributed by atoms with Gasteiger partial charge in [-0.15, -0.1) is 0 Å². The maximum atomic E-state index is 12.1. The number of benzene rings is 2. The van der Waals surface area contributed by atoms with Gasteiger partial charge >= 0.3 is 248 Å². The fourth-order valence-corrected chi connectivity index (χ4v) is 7.61. The summed E-state index contributed by atoms with van der Waals surface area (Å²) in [7, 11) is 0. The Kier molecular flexibility index (Phi) is 11.9. The Morgan fingerprint density at radius 2 is 0.919 bits per heavy atom. The molecule has 8 nitrogen and oxygen atoms in total. The second-order valence-corrected chi connectivity index (χ2v) is 19.0. The normalized spacial score (nSPS) is 11.5. The molecule has 0 atom stereocenters. The van der Waals surface area contributed by atoms with Gasteiger partial charge in [-0.1, -0.05) is 0 Å². The van der Waals surface area contributed by atoms with Crippen molar-refractivity contribution in [2.75, 3.05) is 10.6 Å². The van der Waals surface area contributed by atoms with Gasteiger partial charge in [0.1, 0.15) is 0 Å². The van der Waals surface area contributed by atoms with Gasteiger partial charge in [-0.2, -0.15) is 0 Å². The van der Waals surface area contributed by atoms with Crippen molar-refractivity contribution in [3.8, 4) is 0 Å². The van der Waals surface area contributed by atoms with Crippen molar-refractivity contribution >= 4 is 124 Å². The summed E-state index contributed by atoms with van der Waals surface area (Å²) in [5.74, 6) is -3.26. The average Bonchev–Trinajstić information content (AvgIpc) is 2.75. The van der Waals surface area contributed by atoms with Crippen molar-refractivity contribution < 1.29 is 25.3 Å². The molecule has 0 heterocycles. The van der Waals surface area contributed by atoms with Crippen LogP contribution in [0.15, 0.2) is 48.6 Å². The summed E-state index contributed by atoms with van der Waals surface area (Å²) in [6.07, 6.45) is 3.49. The van der Waals surface area contributed by atoms with Crippen LogP contribution < -0.4 is 10.6 Å². The molecule has 0 aromatic heterocycles. The van der Waals surface area contributed by atoms with Crippen LogP contribution in [0.5, 0.6) is 0 Å². The van der Waals surface area contributed by atoms with E-state index in [1.165, 1.54) is 34.1 Å². The van der Waals surface area contributed by atoms with Crippen molar-refractivity contribution in [2.24, 2.45) is 0 Å². The molecule has 0 saturated heterocycles. The van der Waals surface area contributed by atoms with Gasteiger partial charge in [0, 0.05) is 0 Å². The quantitative estimate of drug-likeness (QED) is 0.222. The average molecular weight is 736 g/mol. The summed E-state index contributed by atoms with van der Waals surface area (Å²) in [6.45, 7) is 0. The van der Waals surface area contributed by atoms with E-state index < -0.39 is 43.0 Å². The van der Waals surface area contributed by atoms with E-state index in [-0.39, 0.29) is 41.5 Å². The van der Waals surface area contributed by atoms with Crippen LogP contribution in [0.1, 0.15) is 0 Å². The van der Waals surface area contributed by atoms with Crippen molar-refractivity contribution in [2.45, 2.75) is 9.88 Å². The molecule has 2 N–H and O–H groups in total. The Morgan fingerprint density at radius 1 is 0.622 bits per heavy atom. The Balaban J connectivity index is 1.90. The maximum absolute atomic E-state index is 12.1. The minimum atomic E-state index is -4.17. The van der Waals surface area contributed by atoms with Gasteiger partial charge in [0.2, 0.25) is 0 Å². The van der Waals surface area contributed by atoms with Gasteiger partial charge < -0.3 is 0 Å². The van der Waals surface area contributed by atoms with Crippen LogP contribution in [0.25, 0.3) is 0 Å². The van der Waals surface area contributed by atoms with Gasteiger partial charge in [0.15, 0.2) is 0 Å². The van der Waals surface area contributed by atoms with Gasteiger partial charge in [0.25, 0.3) is 0 Å². The molecule has 37 heavy (non-hydrogen) atoms. The molecule has 0 unspecified atom stereocenters. The molecule has 0 aliphatic carbocycles. The van der Waals surface area contributed by atoms with Crippen LogP contribution in [0.2, 0.25) is 40.0 Å². The van der Waals surface area contributed by atoms with Gasteiger partial charge in [-0.25, -0.2) is 0 Å². The summed E-state index contributed by atoms with van der Waals surface area (Å²) in [5.41, 5.74) is 0.223. The van der Waals surface area contributed by atoms with Crippen LogP contribution in [0, 0.1) is 0 Å². The Labute approximate surface area is 246 Å². The molecular formula is C22H16Cl6N2O6Sn. The summed E-state index contributed by atoms with van der Waals surface area (Å²) in [5, 5.41) is 5.81. The monoisotopic (exact) mass is 734 g/mol. The second kappa shape index (κ2) is 13.9. The van der Waals surface area contributed by atoms with Crippen LogP contribution in [0.3, 0.4) is 0 Å². The first kappa shape index (κ1) is 31.6. The third-order valence-electron chi connectivity index (χ3n) is 3.94. The van der Waals surface area contributed by atoms with Crippen molar-refractivity contribution in [1.82, 2.24) is 0 Å². The Morgan fingerprint density at radius 3 is 1.22 bits per heavy atom. The topological polar surface area (TPSA) is 111 Å². The van der Waals surface area contributed by atoms with Crippen LogP contribution in [0.4, 0.5) is 11.4 Å². The van der Waals surface area contributed by atoms with Gasteiger partial charge in [-0.3, -0.25) is 0 Å². The van der Waals surface area contributed by atoms with E-state index in [9.17, 15) is 19.2 Å².